The SMILES string of the molecule is Cc1[nH]c(=O)sc1S(=O)(=O)NNC(N)=S. The van der Waals surface area contributed by atoms with Crippen molar-refractivity contribution in [2.75, 3.05) is 0 Å². The van der Waals surface area contributed by atoms with Crippen LogP contribution in [0.5, 0.6) is 0 Å². The van der Waals surface area contributed by atoms with Gasteiger partial charge in [-0.2, -0.15) is 0 Å². The van der Waals surface area contributed by atoms with E-state index in [4.69, 9.17) is 5.73 Å². The molecule has 1 aromatic heterocycles. The number of nitrogens with one attached hydrogen (secondary N) is 3. The number of hydrogen-bond acceptors (Lipinski definition) is 5. The Labute approximate surface area is 94.7 Å². The Balaban J connectivity index is 3.01. The molecule has 0 aromatic carbocycles. The van der Waals surface area contributed by atoms with Crippen LogP contribution in [0.15, 0.2) is 9.00 Å². The molecule has 5 N–H and O–H groups in total. The summed E-state index contributed by atoms with van der Waals surface area (Å²) in [5.41, 5.74) is 7.40. The van der Waals surface area contributed by atoms with E-state index in [0.717, 1.165) is 0 Å². The Hall–Kier alpha value is -0.970. The van der Waals surface area contributed by atoms with Crippen LogP contribution in [0, 0.1) is 6.92 Å². The number of rotatable bonds is 3. The summed E-state index contributed by atoms with van der Waals surface area (Å²) in [6.07, 6.45) is 0. The Kier molecular flexibility index (Phi) is 3.44. The van der Waals surface area contributed by atoms with E-state index in [1.165, 1.54) is 6.92 Å². The molecule has 1 aromatic rings. The summed E-state index contributed by atoms with van der Waals surface area (Å²) in [7, 11) is -3.81. The predicted molar refractivity (Wildman–Crippen MR) is 59.9 cm³/mol. The van der Waals surface area contributed by atoms with Crippen molar-refractivity contribution in [3.63, 3.8) is 0 Å². The third-order valence-corrected chi connectivity index (χ3v) is 4.29. The van der Waals surface area contributed by atoms with E-state index in [1.54, 1.807) is 0 Å². The highest BCUT2D eigenvalue weighted by molar-refractivity contribution is 7.91. The normalized spacial score (nSPS) is 11.3. The first kappa shape index (κ1) is 12.1. The topological polar surface area (TPSA) is 117 Å². The Bertz CT molecular complexity index is 528. The number of H-pyrrole nitrogens is 1. The number of thiazole rings is 1. The molecule has 1 heterocycles. The third-order valence-electron chi connectivity index (χ3n) is 1.33. The van der Waals surface area contributed by atoms with Gasteiger partial charge in [0.05, 0.1) is 0 Å². The van der Waals surface area contributed by atoms with Crippen molar-refractivity contribution in [2.24, 2.45) is 5.73 Å². The number of aromatic nitrogens is 1. The van der Waals surface area contributed by atoms with E-state index >= 15 is 0 Å². The molecule has 84 valence electrons. The van der Waals surface area contributed by atoms with Gasteiger partial charge in [0.1, 0.15) is 0 Å². The molecule has 15 heavy (non-hydrogen) atoms. The van der Waals surface area contributed by atoms with E-state index < -0.39 is 14.9 Å². The minimum absolute atomic E-state index is 0.101. The molecule has 0 amide bonds. The lowest BCUT2D eigenvalue weighted by Gasteiger charge is -2.05. The average Bonchev–Trinajstić information content (AvgIpc) is 2.43. The summed E-state index contributed by atoms with van der Waals surface area (Å²) in [4.78, 5) is 14.7. The van der Waals surface area contributed by atoms with Crippen LogP contribution < -0.4 is 20.9 Å². The molecule has 0 fully saturated rings. The summed E-state index contributed by atoms with van der Waals surface area (Å²) >= 11 is 5.01. The van der Waals surface area contributed by atoms with Crippen molar-refractivity contribution < 1.29 is 8.42 Å². The van der Waals surface area contributed by atoms with Gasteiger partial charge in [0, 0.05) is 5.69 Å². The minimum atomic E-state index is -3.81. The first-order valence-electron chi connectivity index (χ1n) is 3.60. The maximum Gasteiger partial charge on any atom is 0.305 e. The zero-order valence-corrected chi connectivity index (χ0v) is 9.98. The fraction of sp³-hybridized carbons (Fsp3) is 0.200. The Morgan fingerprint density at radius 3 is 2.60 bits per heavy atom. The first-order valence-corrected chi connectivity index (χ1v) is 6.30. The molecule has 0 saturated heterocycles. The highest BCUT2D eigenvalue weighted by Crippen LogP contribution is 2.14. The van der Waals surface area contributed by atoms with Gasteiger partial charge in [0.15, 0.2) is 9.32 Å². The minimum Gasteiger partial charge on any atom is -0.375 e. The van der Waals surface area contributed by atoms with Crippen LogP contribution >= 0.6 is 23.6 Å². The van der Waals surface area contributed by atoms with Gasteiger partial charge in [-0.1, -0.05) is 11.3 Å². The number of hydrogen-bond donors (Lipinski definition) is 4. The summed E-state index contributed by atoms with van der Waals surface area (Å²) in [6.45, 7) is 1.48. The van der Waals surface area contributed by atoms with E-state index in [2.05, 4.69) is 22.6 Å². The molecular weight excluding hydrogens is 260 g/mol. The van der Waals surface area contributed by atoms with Crippen molar-refractivity contribution in [3.8, 4) is 0 Å². The fourth-order valence-corrected chi connectivity index (χ4v) is 3.08. The number of aromatic amines is 1. The fourth-order valence-electron chi connectivity index (χ4n) is 0.811. The van der Waals surface area contributed by atoms with Gasteiger partial charge in [-0.3, -0.25) is 10.2 Å². The average molecular weight is 268 g/mol. The van der Waals surface area contributed by atoms with Crippen LogP contribution in [-0.2, 0) is 10.0 Å². The van der Waals surface area contributed by atoms with Crippen LogP contribution in [0.2, 0.25) is 0 Å². The molecule has 0 radical (unpaired) electrons. The molecule has 0 aliphatic carbocycles. The van der Waals surface area contributed by atoms with Crippen molar-refractivity contribution in [1.82, 2.24) is 15.2 Å². The molecule has 10 heteroatoms. The molecule has 0 unspecified atom stereocenters. The second-order valence-electron chi connectivity index (χ2n) is 2.52. The lowest BCUT2D eigenvalue weighted by atomic mass is 10.6. The van der Waals surface area contributed by atoms with Gasteiger partial charge in [0.25, 0.3) is 10.0 Å². The lowest BCUT2D eigenvalue weighted by molar-refractivity contribution is 0.579. The van der Waals surface area contributed by atoms with E-state index in [-0.39, 0.29) is 15.0 Å². The zero-order valence-electron chi connectivity index (χ0n) is 7.53. The van der Waals surface area contributed by atoms with Crippen LogP contribution in [-0.4, -0.2) is 18.5 Å². The molecule has 0 spiro atoms. The van der Waals surface area contributed by atoms with E-state index in [1.807, 2.05) is 4.83 Å². The summed E-state index contributed by atoms with van der Waals surface area (Å²) in [5, 5.41) is -0.209. The molecule has 0 atom stereocenters. The first-order chi connectivity index (χ1) is 6.83. The lowest BCUT2D eigenvalue weighted by Crippen LogP contribution is -2.44. The second-order valence-corrected chi connectivity index (χ2v) is 5.82. The molecule has 0 aliphatic rings. The second kappa shape index (κ2) is 4.26. The highest BCUT2D eigenvalue weighted by atomic mass is 32.2. The van der Waals surface area contributed by atoms with E-state index in [0.29, 0.717) is 11.3 Å². The largest absolute Gasteiger partial charge is 0.375 e. The highest BCUT2D eigenvalue weighted by Gasteiger charge is 2.20. The van der Waals surface area contributed by atoms with Crippen molar-refractivity contribution in [1.29, 1.82) is 0 Å². The van der Waals surface area contributed by atoms with Gasteiger partial charge in [0.2, 0.25) is 0 Å². The maximum atomic E-state index is 11.5. The van der Waals surface area contributed by atoms with Crippen LogP contribution in [0.1, 0.15) is 5.69 Å². The quantitative estimate of drug-likeness (QED) is 0.403. The van der Waals surface area contributed by atoms with Crippen molar-refractivity contribution in [3.05, 3.63) is 15.4 Å². The smallest absolute Gasteiger partial charge is 0.305 e. The molecule has 0 saturated carbocycles. The Morgan fingerprint density at radius 1 is 1.60 bits per heavy atom. The monoisotopic (exact) mass is 268 g/mol. The van der Waals surface area contributed by atoms with Crippen LogP contribution in [0.3, 0.4) is 0 Å². The van der Waals surface area contributed by atoms with Crippen LogP contribution in [0.25, 0.3) is 0 Å². The zero-order chi connectivity index (χ0) is 11.6. The van der Waals surface area contributed by atoms with Gasteiger partial charge in [-0.15, -0.1) is 4.83 Å². The number of hydrazine groups is 1. The summed E-state index contributed by atoms with van der Waals surface area (Å²) < 4.78 is 23.0. The molecular formula is C5H8N4O3S3. The van der Waals surface area contributed by atoms with Crippen molar-refractivity contribution >= 4 is 38.7 Å². The van der Waals surface area contributed by atoms with Gasteiger partial charge < -0.3 is 10.7 Å². The molecule has 1 rings (SSSR count). The van der Waals surface area contributed by atoms with Gasteiger partial charge in [-0.05, 0) is 19.1 Å². The van der Waals surface area contributed by atoms with Gasteiger partial charge >= 0.3 is 4.87 Å². The molecule has 0 aliphatic heterocycles. The van der Waals surface area contributed by atoms with Crippen molar-refractivity contribution in [2.45, 2.75) is 11.1 Å². The summed E-state index contributed by atoms with van der Waals surface area (Å²) in [6, 6.07) is 0. The number of sulfonamides is 1. The Morgan fingerprint density at radius 2 is 2.20 bits per heavy atom. The maximum absolute atomic E-state index is 11.5. The molecule has 0 bridgehead atoms. The van der Waals surface area contributed by atoms with Crippen LogP contribution in [0.4, 0.5) is 0 Å². The predicted octanol–water partition coefficient (Wildman–Crippen LogP) is -1.23. The third kappa shape index (κ3) is 2.99. The number of thiocarbonyl (C=S) groups is 1. The van der Waals surface area contributed by atoms with Gasteiger partial charge in [-0.25, -0.2) is 8.42 Å². The standard InChI is InChI=1S/C5H8N4O3S3/c1-2-3(14-5(10)7-2)15(11,12)9-8-4(6)13/h9H,1H3,(H,7,10)(H3,6,8,13). The molecule has 7 nitrogen and oxygen atoms in total. The summed E-state index contributed by atoms with van der Waals surface area (Å²) in [5.74, 6) is 0. The number of nitrogens with two attached hydrogens (primary N) is 1. The number of aryl methyl sites for hydroxylation is 1. The van der Waals surface area contributed by atoms with E-state index in [9.17, 15) is 13.2 Å².